The van der Waals surface area contributed by atoms with Crippen molar-refractivity contribution in [3.63, 3.8) is 0 Å². The minimum Gasteiger partial charge on any atom is -0.444 e. The molecule has 2 heterocycles. The number of aryl methyl sites for hydroxylation is 1. The van der Waals surface area contributed by atoms with Crippen molar-refractivity contribution >= 4 is 6.09 Å². The third-order valence-corrected chi connectivity index (χ3v) is 3.82. The molecule has 122 valence electrons. The van der Waals surface area contributed by atoms with E-state index in [1.54, 1.807) is 4.90 Å². The molecule has 0 aliphatic carbocycles. The molecule has 0 radical (unpaired) electrons. The maximum Gasteiger partial charge on any atom is 0.410 e. The van der Waals surface area contributed by atoms with Gasteiger partial charge in [0.05, 0.1) is 5.69 Å². The summed E-state index contributed by atoms with van der Waals surface area (Å²) in [6.07, 6.45) is 3.53. The molecule has 1 aromatic rings. The second kappa shape index (κ2) is 7.09. The molecule has 0 aromatic carbocycles. The van der Waals surface area contributed by atoms with Gasteiger partial charge in [-0.2, -0.15) is 0 Å². The number of pyridine rings is 1. The predicted octanol–water partition coefficient (Wildman–Crippen LogP) is 2.88. The van der Waals surface area contributed by atoms with Crippen molar-refractivity contribution in [2.45, 2.75) is 58.7 Å². The molecule has 1 aliphatic rings. The number of likely N-dealkylation sites (tertiary alicyclic amines) is 1. The Bertz CT molecular complexity index is 503. The van der Waals surface area contributed by atoms with E-state index in [-0.39, 0.29) is 6.09 Å². The molecule has 0 unspecified atom stereocenters. The lowest BCUT2D eigenvalue weighted by atomic mass is 10.0. The Labute approximate surface area is 133 Å². The van der Waals surface area contributed by atoms with E-state index in [0.29, 0.717) is 6.04 Å². The Morgan fingerprint density at radius 2 is 2.09 bits per heavy atom. The van der Waals surface area contributed by atoms with Gasteiger partial charge >= 0.3 is 6.09 Å². The standard InChI is InChI=1S/C17H27N3O2/c1-13-6-5-9-18-15(13)12-19-14-7-10-20(11-8-14)16(21)22-17(2,3)4/h5-6,9,14,19H,7-8,10-12H2,1-4H3. The Morgan fingerprint density at radius 1 is 1.41 bits per heavy atom. The van der Waals surface area contributed by atoms with E-state index >= 15 is 0 Å². The number of carbonyl (C=O) groups is 1. The van der Waals surface area contributed by atoms with Gasteiger partial charge in [-0.15, -0.1) is 0 Å². The zero-order chi connectivity index (χ0) is 16.2. The van der Waals surface area contributed by atoms with E-state index < -0.39 is 5.60 Å². The summed E-state index contributed by atoms with van der Waals surface area (Å²) in [4.78, 5) is 18.2. The highest BCUT2D eigenvalue weighted by molar-refractivity contribution is 5.68. The Morgan fingerprint density at radius 3 is 2.68 bits per heavy atom. The van der Waals surface area contributed by atoms with Crippen molar-refractivity contribution in [1.29, 1.82) is 0 Å². The maximum atomic E-state index is 12.0. The first-order chi connectivity index (χ1) is 10.3. The van der Waals surface area contributed by atoms with Gasteiger partial charge in [-0.05, 0) is 52.2 Å². The second-order valence-electron chi connectivity index (χ2n) is 6.89. The summed E-state index contributed by atoms with van der Waals surface area (Å²) in [6, 6.07) is 4.47. The summed E-state index contributed by atoms with van der Waals surface area (Å²) in [7, 11) is 0. The van der Waals surface area contributed by atoms with Crippen LogP contribution >= 0.6 is 0 Å². The van der Waals surface area contributed by atoms with Gasteiger partial charge in [-0.3, -0.25) is 4.98 Å². The summed E-state index contributed by atoms with van der Waals surface area (Å²) in [5.74, 6) is 0. The molecule has 0 atom stereocenters. The van der Waals surface area contributed by atoms with Gasteiger partial charge < -0.3 is 15.0 Å². The van der Waals surface area contributed by atoms with Crippen LogP contribution in [0.4, 0.5) is 4.79 Å². The number of carbonyl (C=O) groups excluding carboxylic acids is 1. The Hall–Kier alpha value is -1.62. The van der Waals surface area contributed by atoms with Crippen LogP contribution < -0.4 is 5.32 Å². The molecule has 0 bridgehead atoms. The molecular formula is C17H27N3O2. The predicted molar refractivity (Wildman–Crippen MR) is 86.6 cm³/mol. The van der Waals surface area contributed by atoms with Crippen LogP contribution in [-0.4, -0.2) is 40.7 Å². The molecule has 22 heavy (non-hydrogen) atoms. The van der Waals surface area contributed by atoms with Crippen LogP contribution in [0.2, 0.25) is 0 Å². The smallest absolute Gasteiger partial charge is 0.410 e. The van der Waals surface area contributed by atoms with Gasteiger partial charge in [0.25, 0.3) is 0 Å². The van der Waals surface area contributed by atoms with E-state index in [1.165, 1.54) is 5.56 Å². The number of nitrogens with one attached hydrogen (secondary N) is 1. The summed E-state index contributed by atoms with van der Waals surface area (Å²) in [5.41, 5.74) is 1.88. The van der Waals surface area contributed by atoms with Crippen LogP contribution in [0.5, 0.6) is 0 Å². The van der Waals surface area contributed by atoms with Crippen LogP contribution in [0.15, 0.2) is 18.3 Å². The lowest BCUT2D eigenvalue weighted by molar-refractivity contribution is 0.0198. The highest BCUT2D eigenvalue weighted by atomic mass is 16.6. The van der Waals surface area contributed by atoms with Crippen LogP contribution in [0, 0.1) is 6.92 Å². The maximum absolute atomic E-state index is 12.0. The number of aromatic nitrogens is 1. The van der Waals surface area contributed by atoms with Crippen LogP contribution in [0.1, 0.15) is 44.9 Å². The van der Waals surface area contributed by atoms with Gasteiger partial charge in [-0.1, -0.05) is 6.07 Å². The summed E-state index contributed by atoms with van der Waals surface area (Å²) >= 11 is 0. The minimum absolute atomic E-state index is 0.202. The summed E-state index contributed by atoms with van der Waals surface area (Å²) < 4.78 is 5.41. The number of amides is 1. The minimum atomic E-state index is -0.428. The van der Waals surface area contributed by atoms with Gasteiger partial charge in [0.2, 0.25) is 0 Å². The number of rotatable bonds is 3. The number of piperidine rings is 1. The molecule has 1 amide bonds. The number of ether oxygens (including phenoxy) is 1. The van der Waals surface area contributed by atoms with Crippen molar-refractivity contribution in [2.24, 2.45) is 0 Å². The zero-order valence-corrected chi connectivity index (χ0v) is 14.1. The molecule has 2 rings (SSSR count). The molecule has 0 spiro atoms. The first-order valence-electron chi connectivity index (χ1n) is 7.97. The Balaban J connectivity index is 1.76. The molecule has 1 aromatic heterocycles. The second-order valence-corrected chi connectivity index (χ2v) is 6.89. The molecule has 1 N–H and O–H groups in total. The van der Waals surface area contributed by atoms with Crippen LogP contribution in [0.3, 0.4) is 0 Å². The van der Waals surface area contributed by atoms with E-state index in [9.17, 15) is 4.79 Å². The number of hydrogen-bond donors (Lipinski definition) is 1. The molecule has 5 heteroatoms. The summed E-state index contributed by atoms with van der Waals surface area (Å²) in [6.45, 7) is 10.0. The molecule has 1 aliphatic heterocycles. The van der Waals surface area contributed by atoms with Crippen molar-refractivity contribution in [1.82, 2.24) is 15.2 Å². The average molecular weight is 305 g/mol. The summed E-state index contributed by atoms with van der Waals surface area (Å²) in [5, 5.41) is 3.55. The Kier molecular flexibility index (Phi) is 5.40. The largest absolute Gasteiger partial charge is 0.444 e. The molecular weight excluding hydrogens is 278 g/mol. The fraction of sp³-hybridized carbons (Fsp3) is 0.647. The van der Waals surface area contributed by atoms with Crippen LogP contribution in [-0.2, 0) is 11.3 Å². The quantitative estimate of drug-likeness (QED) is 0.933. The molecule has 1 fully saturated rings. The normalized spacial score (nSPS) is 16.6. The lowest BCUT2D eigenvalue weighted by Gasteiger charge is -2.33. The fourth-order valence-electron chi connectivity index (χ4n) is 2.54. The van der Waals surface area contributed by atoms with E-state index in [1.807, 2.05) is 33.0 Å². The first-order valence-corrected chi connectivity index (χ1v) is 7.97. The van der Waals surface area contributed by atoms with Gasteiger partial charge in [0, 0.05) is 31.9 Å². The number of nitrogens with zero attached hydrogens (tertiary/aromatic N) is 2. The first kappa shape index (κ1) is 16.7. The number of hydrogen-bond acceptors (Lipinski definition) is 4. The third-order valence-electron chi connectivity index (χ3n) is 3.82. The van der Waals surface area contributed by atoms with Crippen molar-refractivity contribution in [3.8, 4) is 0 Å². The van der Waals surface area contributed by atoms with Crippen molar-refractivity contribution in [3.05, 3.63) is 29.6 Å². The molecule has 1 saturated heterocycles. The SMILES string of the molecule is Cc1cccnc1CNC1CCN(C(=O)OC(C)(C)C)CC1. The average Bonchev–Trinajstić information content (AvgIpc) is 2.45. The third kappa shape index (κ3) is 4.98. The molecule has 0 saturated carbocycles. The highest BCUT2D eigenvalue weighted by Gasteiger charge is 2.26. The van der Waals surface area contributed by atoms with Gasteiger partial charge in [0.1, 0.15) is 5.60 Å². The van der Waals surface area contributed by atoms with Crippen LogP contribution in [0.25, 0.3) is 0 Å². The van der Waals surface area contributed by atoms with Crippen molar-refractivity contribution < 1.29 is 9.53 Å². The van der Waals surface area contributed by atoms with E-state index in [0.717, 1.165) is 38.2 Å². The topological polar surface area (TPSA) is 54.5 Å². The molecule has 5 nitrogen and oxygen atoms in total. The zero-order valence-electron chi connectivity index (χ0n) is 14.1. The van der Waals surface area contributed by atoms with Crippen molar-refractivity contribution in [2.75, 3.05) is 13.1 Å². The fourth-order valence-corrected chi connectivity index (χ4v) is 2.54. The van der Waals surface area contributed by atoms with Gasteiger partial charge in [0.15, 0.2) is 0 Å². The van der Waals surface area contributed by atoms with E-state index in [2.05, 4.69) is 23.3 Å². The highest BCUT2D eigenvalue weighted by Crippen LogP contribution is 2.16. The lowest BCUT2D eigenvalue weighted by Crippen LogP contribution is -2.46. The van der Waals surface area contributed by atoms with E-state index in [4.69, 9.17) is 4.74 Å². The van der Waals surface area contributed by atoms with Gasteiger partial charge in [-0.25, -0.2) is 4.79 Å². The monoisotopic (exact) mass is 305 g/mol.